The van der Waals surface area contributed by atoms with E-state index < -0.39 is 0 Å². The van der Waals surface area contributed by atoms with Crippen LogP contribution in [0.25, 0.3) is 0 Å². The molecule has 21 heavy (non-hydrogen) atoms. The molecule has 1 aliphatic carbocycles. The lowest BCUT2D eigenvalue weighted by Gasteiger charge is -2.38. The molecule has 0 bridgehead atoms. The maximum atomic E-state index is 14.4. The lowest BCUT2D eigenvalue weighted by molar-refractivity contribution is -0.0633. The van der Waals surface area contributed by atoms with Crippen molar-refractivity contribution in [3.05, 3.63) is 34.1 Å². The van der Waals surface area contributed by atoms with E-state index in [1.807, 2.05) is 13.0 Å². The summed E-state index contributed by atoms with van der Waals surface area (Å²) in [4.78, 5) is 0. The van der Waals surface area contributed by atoms with Gasteiger partial charge in [-0.15, -0.1) is 0 Å². The molecular formula is C17H25BrFNO. The van der Waals surface area contributed by atoms with Gasteiger partial charge in [0.2, 0.25) is 0 Å². The van der Waals surface area contributed by atoms with Crippen LogP contribution in [0.3, 0.4) is 0 Å². The summed E-state index contributed by atoms with van der Waals surface area (Å²) in [5, 5.41) is 3.54. The fourth-order valence-corrected chi connectivity index (χ4v) is 3.76. The third-order valence-electron chi connectivity index (χ3n) is 4.28. The number of halogens is 2. The second-order valence-electron chi connectivity index (χ2n) is 5.76. The molecule has 0 heterocycles. The van der Waals surface area contributed by atoms with E-state index in [9.17, 15) is 4.39 Å². The van der Waals surface area contributed by atoms with Crippen LogP contribution in [0.5, 0.6) is 0 Å². The SMILES string of the molecule is CCCNC(c1cc(Br)ccc1F)C1(OCC)CCCC1. The highest BCUT2D eigenvalue weighted by Crippen LogP contribution is 2.44. The molecule has 0 spiro atoms. The lowest BCUT2D eigenvalue weighted by atomic mass is 9.86. The van der Waals surface area contributed by atoms with E-state index >= 15 is 0 Å². The van der Waals surface area contributed by atoms with Crippen LogP contribution >= 0.6 is 15.9 Å². The molecule has 2 rings (SSSR count). The smallest absolute Gasteiger partial charge is 0.128 e. The molecule has 1 aliphatic rings. The van der Waals surface area contributed by atoms with Gasteiger partial charge in [0.15, 0.2) is 0 Å². The van der Waals surface area contributed by atoms with Crippen molar-refractivity contribution in [3.63, 3.8) is 0 Å². The Morgan fingerprint density at radius 3 is 2.67 bits per heavy atom. The Morgan fingerprint density at radius 2 is 2.05 bits per heavy atom. The van der Waals surface area contributed by atoms with Gasteiger partial charge < -0.3 is 10.1 Å². The summed E-state index contributed by atoms with van der Waals surface area (Å²) in [5.74, 6) is -0.155. The summed E-state index contributed by atoms with van der Waals surface area (Å²) in [7, 11) is 0. The average molecular weight is 358 g/mol. The van der Waals surface area contributed by atoms with Gasteiger partial charge in [0, 0.05) is 16.6 Å². The molecule has 0 amide bonds. The Kier molecular flexibility index (Phi) is 6.20. The van der Waals surface area contributed by atoms with Gasteiger partial charge in [0.1, 0.15) is 5.82 Å². The first-order valence-electron chi connectivity index (χ1n) is 7.95. The Labute approximate surface area is 135 Å². The summed E-state index contributed by atoms with van der Waals surface area (Å²) in [6.45, 7) is 5.68. The molecule has 118 valence electrons. The van der Waals surface area contributed by atoms with Crippen LogP contribution in [0.4, 0.5) is 4.39 Å². The lowest BCUT2D eigenvalue weighted by Crippen LogP contribution is -2.45. The first-order chi connectivity index (χ1) is 10.1. The van der Waals surface area contributed by atoms with Gasteiger partial charge in [0.25, 0.3) is 0 Å². The molecule has 1 fully saturated rings. The number of hydrogen-bond acceptors (Lipinski definition) is 2. The summed E-state index contributed by atoms with van der Waals surface area (Å²) in [5.41, 5.74) is 0.444. The van der Waals surface area contributed by atoms with Crippen molar-refractivity contribution in [1.29, 1.82) is 0 Å². The first kappa shape index (κ1) is 16.9. The van der Waals surface area contributed by atoms with Crippen molar-refractivity contribution < 1.29 is 9.13 Å². The molecule has 0 aliphatic heterocycles. The van der Waals surface area contributed by atoms with Crippen LogP contribution in [0.1, 0.15) is 57.6 Å². The van der Waals surface area contributed by atoms with E-state index in [4.69, 9.17) is 4.74 Å². The summed E-state index contributed by atoms with van der Waals surface area (Å²) in [6.07, 6.45) is 5.32. The summed E-state index contributed by atoms with van der Waals surface area (Å²) in [6, 6.07) is 5.09. The summed E-state index contributed by atoms with van der Waals surface area (Å²) >= 11 is 3.46. The van der Waals surface area contributed by atoms with Crippen LogP contribution in [-0.4, -0.2) is 18.8 Å². The Bertz CT molecular complexity index is 460. The zero-order valence-electron chi connectivity index (χ0n) is 12.9. The standard InChI is InChI=1S/C17H25BrFNO/c1-3-11-20-16(14-12-13(18)7-8-15(14)19)17(21-4-2)9-5-6-10-17/h7-8,12,16,20H,3-6,9-11H2,1-2H3. The zero-order chi connectivity index (χ0) is 15.3. The predicted octanol–water partition coefficient (Wildman–Crippen LogP) is 4.98. The van der Waals surface area contributed by atoms with Crippen molar-refractivity contribution in [2.45, 2.75) is 57.6 Å². The minimum Gasteiger partial charge on any atom is -0.373 e. The third kappa shape index (κ3) is 3.85. The van der Waals surface area contributed by atoms with E-state index in [0.717, 1.165) is 43.1 Å². The van der Waals surface area contributed by atoms with E-state index in [-0.39, 0.29) is 17.5 Å². The van der Waals surface area contributed by atoms with Gasteiger partial charge in [-0.2, -0.15) is 0 Å². The van der Waals surface area contributed by atoms with E-state index in [2.05, 4.69) is 28.2 Å². The molecule has 0 radical (unpaired) electrons. The van der Waals surface area contributed by atoms with Crippen LogP contribution in [0.15, 0.2) is 22.7 Å². The molecule has 1 saturated carbocycles. The van der Waals surface area contributed by atoms with Crippen LogP contribution in [0, 0.1) is 5.82 Å². The van der Waals surface area contributed by atoms with Crippen molar-refractivity contribution in [1.82, 2.24) is 5.32 Å². The van der Waals surface area contributed by atoms with Crippen molar-refractivity contribution in [3.8, 4) is 0 Å². The van der Waals surface area contributed by atoms with Crippen LogP contribution in [-0.2, 0) is 4.74 Å². The van der Waals surface area contributed by atoms with Gasteiger partial charge >= 0.3 is 0 Å². The molecule has 1 unspecified atom stereocenters. The van der Waals surface area contributed by atoms with Gasteiger partial charge in [0.05, 0.1) is 11.6 Å². The van der Waals surface area contributed by atoms with E-state index in [1.165, 1.54) is 6.07 Å². The van der Waals surface area contributed by atoms with Gasteiger partial charge in [-0.25, -0.2) is 4.39 Å². The second kappa shape index (κ2) is 7.70. The van der Waals surface area contributed by atoms with Gasteiger partial charge in [-0.1, -0.05) is 35.7 Å². The highest BCUT2D eigenvalue weighted by atomic mass is 79.9. The highest BCUT2D eigenvalue weighted by molar-refractivity contribution is 9.10. The normalized spacial score (nSPS) is 18.9. The fraction of sp³-hybridized carbons (Fsp3) is 0.647. The number of rotatable bonds is 7. The van der Waals surface area contributed by atoms with Crippen molar-refractivity contribution in [2.24, 2.45) is 0 Å². The molecule has 1 atom stereocenters. The van der Waals surface area contributed by atoms with Crippen LogP contribution < -0.4 is 5.32 Å². The topological polar surface area (TPSA) is 21.3 Å². The molecule has 0 saturated heterocycles. The minimum atomic E-state index is -0.272. The Hall–Kier alpha value is -0.450. The maximum Gasteiger partial charge on any atom is 0.128 e. The van der Waals surface area contributed by atoms with Crippen LogP contribution in [0.2, 0.25) is 0 Å². The molecule has 1 aromatic rings. The maximum absolute atomic E-state index is 14.4. The molecule has 0 aromatic heterocycles. The fourth-order valence-electron chi connectivity index (χ4n) is 3.38. The zero-order valence-corrected chi connectivity index (χ0v) is 14.5. The molecule has 4 heteroatoms. The van der Waals surface area contributed by atoms with Crippen molar-refractivity contribution in [2.75, 3.05) is 13.2 Å². The third-order valence-corrected chi connectivity index (χ3v) is 4.77. The molecule has 1 aromatic carbocycles. The average Bonchev–Trinajstić information content (AvgIpc) is 2.93. The number of nitrogens with one attached hydrogen (secondary N) is 1. The second-order valence-corrected chi connectivity index (χ2v) is 6.67. The monoisotopic (exact) mass is 357 g/mol. The van der Waals surface area contributed by atoms with Crippen molar-refractivity contribution >= 4 is 15.9 Å². The first-order valence-corrected chi connectivity index (χ1v) is 8.74. The number of benzene rings is 1. The van der Waals surface area contributed by atoms with E-state index in [1.54, 1.807) is 6.07 Å². The van der Waals surface area contributed by atoms with Gasteiger partial charge in [-0.3, -0.25) is 0 Å². The highest BCUT2D eigenvalue weighted by Gasteiger charge is 2.43. The van der Waals surface area contributed by atoms with E-state index in [0.29, 0.717) is 12.2 Å². The predicted molar refractivity (Wildman–Crippen MR) is 88.0 cm³/mol. The van der Waals surface area contributed by atoms with Gasteiger partial charge in [-0.05, 0) is 50.9 Å². The molecular weight excluding hydrogens is 333 g/mol. The minimum absolute atomic E-state index is 0.0857. The molecule has 1 N–H and O–H groups in total. The summed E-state index contributed by atoms with van der Waals surface area (Å²) < 4.78 is 21.5. The molecule has 2 nitrogen and oxygen atoms in total. The Morgan fingerprint density at radius 1 is 1.33 bits per heavy atom. The number of ether oxygens (including phenoxy) is 1. The number of hydrogen-bond donors (Lipinski definition) is 1. The largest absolute Gasteiger partial charge is 0.373 e. The quantitative estimate of drug-likeness (QED) is 0.742. The Balaban J connectivity index is 2.38.